The monoisotopic (exact) mass is 275 g/mol. The molecule has 0 radical (unpaired) electrons. The van der Waals surface area contributed by atoms with Crippen LogP contribution in [-0.2, 0) is 13.6 Å². The van der Waals surface area contributed by atoms with E-state index in [9.17, 15) is 9.90 Å². The Kier molecular flexibility index (Phi) is 3.93. The topological polar surface area (TPSA) is 67.6 Å². The number of phenolic OH excluding ortho intramolecular Hbond substituents is 1. The Morgan fingerprint density at radius 2 is 2.25 bits per heavy atom. The van der Waals surface area contributed by atoms with E-state index in [1.54, 1.807) is 36.1 Å². The minimum atomic E-state index is -0.273. The molecule has 20 heavy (non-hydrogen) atoms. The Bertz CT molecular complexity index is 622. The van der Waals surface area contributed by atoms with Gasteiger partial charge in [-0.1, -0.05) is 6.07 Å². The lowest BCUT2D eigenvalue weighted by Gasteiger charge is -2.17. The first-order valence-electron chi connectivity index (χ1n) is 6.12. The summed E-state index contributed by atoms with van der Waals surface area (Å²) in [6, 6.07) is 4.84. The smallest absolute Gasteiger partial charge is 0.257 e. The summed E-state index contributed by atoms with van der Waals surface area (Å²) < 4.78 is 6.68. The Hall–Kier alpha value is -2.50. The van der Waals surface area contributed by atoms with Gasteiger partial charge in [-0.2, -0.15) is 5.10 Å². The average Bonchev–Trinajstić information content (AvgIpc) is 2.83. The molecule has 0 bridgehead atoms. The molecule has 2 rings (SSSR count). The van der Waals surface area contributed by atoms with Crippen LogP contribution in [0, 0.1) is 0 Å². The fourth-order valence-electron chi connectivity index (χ4n) is 1.96. The Morgan fingerprint density at radius 1 is 1.50 bits per heavy atom. The number of hydrogen-bond donors (Lipinski definition) is 1. The summed E-state index contributed by atoms with van der Waals surface area (Å²) in [6.07, 6.45) is 3.55. The van der Waals surface area contributed by atoms with Crippen LogP contribution in [0.1, 0.15) is 15.9 Å². The second kappa shape index (κ2) is 5.64. The van der Waals surface area contributed by atoms with E-state index in [1.807, 2.05) is 13.2 Å². The summed E-state index contributed by atoms with van der Waals surface area (Å²) in [5, 5.41) is 14.0. The van der Waals surface area contributed by atoms with Crippen LogP contribution in [0.5, 0.6) is 11.5 Å². The van der Waals surface area contributed by atoms with Crippen molar-refractivity contribution < 1.29 is 14.6 Å². The molecule has 0 saturated carbocycles. The Labute approximate surface area is 117 Å². The van der Waals surface area contributed by atoms with Crippen molar-refractivity contribution in [2.45, 2.75) is 6.54 Å². The molecule has 0 spiro atoms. The van der Waals surface area contributed by atoms with E-state index in [0.29, 0.717) is 6.54 Å². The minimum Gasteiger partial charge on any atom is -0.504 e. The number of phenols is 1. The lowest BCUT2D eigenvalue weighted by atomic mass is 10.1. The molecule has 0 atom stereocenters. The number of hydrogen-bond acceptors (Lipinski definition) is 4. The van der Waals surface area contributed by atoms with Crippen molar-refractivity contribution in [2.75, 3.05) is 14.2 Å². The predicted octanol–water partition coefficient (Wildman–Crippen LogP) is 1.41. The van der Waals surface area contributed by atoms with E-state index in [-0.39, 0.29) is 23.0 Å². The van der Waals surface area contributed by atoms with E-state index in [2.05, 4.69) is 5.10 Å². The number of benzene rings is 1. The molecule has 0 saturated heterocycles. The summed E-state index contributed by atoms with van der Waals surface area (Å²) in [5.74, 6) is -0.131. The predicted molar refractivity (Wildman–Crippen MR) is 73.7 cm³/mol. The Morgan fingerprint density at radius 3 is 2.85 bits per heavy atom. The fraction of sp³-hybridized carbons (Fsp3) is 0.286. The molecule has 1 aromatic carbocycles. The summed E-state index contributed by atoms with van der Waals surface area (Å²) in [4.78, 5) is 13.8. The second-order valence-corrected chi connectivity index (χ2v) is 4.54. The van der Waals surface area contributed by atoms with Crippen molar-refractivity contribution in [2.24, 2.45) is 7.05 Å². The van der Waals surface area contributed by atoms with Crippen LogP contribution >= 0.6 is 0 Å². The highest BCUT2D eigenvalue weighted by atomic mass is 16.5. The molecule has 0 unspecified atom stereocenters. The van der Waals surface area contributed by atoms with Gasteiger partial charge in [0, 0.05) is 32.4 Å². The van der Waals surface area contributed by atoms with Gasteiger partial charge in [0.1, 0.15) is 0 Å². The van der Waals surface area contributed by atoms with E-state index >= 15 is 0 Å². The summed E-state index contributed by atoms with van der Waals surface area (Å²) in [7, 11) is 4.94. The molecule has 0 aliphatic heterocycles. The number of aromatic nitrogens is 2. The van der Waals surface area contributed by atoms with Gasteiger partial charge in [-0.3, -0.25) is 9.48 Å². The molecular formula is C14H17N3O3. The highest BCUT2D eigenvalue weighted by molar-refractivity contribution is 5.97. The van der Waals surface area contributed by atoms with E-state index in [1.165, 1.54) is 12.0 Å². The SMILES string of the molecule is COc1cccc(C(=O)N(C)Cc2cnn(C)c2)c1O. The van der Waals surface area contributed by atoms with Gasteiger partial charge in [-0.15, -0.1) is 0 Å². The van der Waals surface area contributed by atoms with Crippen molar-refractivity contribution in [1.82, 2.24) is 14.7 Å². The molecule has 6 nitrogen and oxygen atoms in total. The first-order chi connectivity index (χ1) is 9.52. The zero-order valence-corrected chi connectivity index (χ0v) is 11.7. The molecule has 1 amide bonds. The second-order valence-electron chi connectivity index (χ2n) is 4.54. The van der Waals surface area contributed by atoms with Gasteiger partial charge in [0.2, 0.25) is 0 Å². The molecule has 0 aliphatic rings. The van der Waals surface area contributed by atoms with Crippen LogP contribution in [0.2, 0.25) is 0 Å². The number of methoxy groups -OCH3 is 1. The summed E-state index contributed by atoms with van der Waals surface area (Å²) >= 11 is 0. The van der Waals surface area contributed by atoms with E-state index in [0.717, 1.165) is 5.56 Å². The molecule has 0 aliphatic carbocycles. The number of nitrogens with zero attached hydrogens (tertiary/aromatic N) is 3. The van der Waals surface area contributed by atoms with Crippen molar-refractivity contribution >= 4 is 5.91 Å². The third-order valence-corrected chi connectivity index (χ3v) is 2.97. The summed E-state index contributed by atoms with van der Waals surface area (Å²) in [6.45, 7) is 0.420. The molecule has 1 aromatic heterocycles. The number of para-hydroxylation sites is 1. The highest BCUT2D eigenvalue weighted by Gasteiger charge is 2.18. The number of aromatic hydroxyl groups is 1. The minimum absolute atomic E-state index is 0.141. The highest BCUT2D eigenvalue weighted by Crippen LogP contribution is 2.30. The van der Waals surface area contributed by atoms with Crippen LogP contribution in [0.3, 0.4) is 0 Å². The zero-order chi connectivity index (χ0) is 14.7. The number of carbonyl (C=O) groups is 1. The molecule has 2 aromatic rings. The largest absolute Gasteiger partial charge is 0.504 e. The molecular weight excluding hydrogens is 258 g/mol. The lowest BCUT2D eigenvalue weighted by molar-refractivity contribution is 0.0781. The van der Waals surface area contributed by atoms with Gasteiger partial charge in [0.05, 0.1) is 18.9 Å². The van der Waals surface area contributed by atoms with Crippen LogP contribution in [-0.4, -0.2) is 39.9 Å². The first-order valence-corrected chi connectivity index (χ1v) is 6.12. The molecule has 1 N–H and O–H groups in total. The van der Waals surface area contributed by atoms with Gasteiger partial charge in [0.15, 0.2) is 11.5 Å². The number of aryl methyl sites for hydroxylation is 1. The molecule has 1 heterocycles. The van der Waals surface area contributed by atoms with Crippen LogP contribution in [0.15, 0.2) is 30.6 Å². The lowest BCUT2D eigenvalue weighted by Crippen LogP contribution is -2.26. The summed E-state index contributed by atoms with van der Waals surface area (Å²) in [5.41, 5.74) is 1.14. The molecule has 0 fully saturated rings. The number of rotatable bonds is 4. The zero-order valence-electron chi connectivity index (χ0n) is 11.7. The van der Waals surface area contributed by atoms with Crippen LogP contribution in [0.25, 0.3) is 0 Å². The van der Waals surface area contributed by atoms with Gasteiger partial charge in [-0.25, -0.2) is 0 Å². The maximum Gasteiger partial charge on any atom is 0.257 e. The maximum atomic E-state index is 12.3. The third kappa shape index (κ3) is 2.74. The number of carbonyl (C=O) groups excluding carboxylic acids is 1. The van der Waals surface area contributed by atoms with E-state index in [4.69, 9.17) is 4.74 Å². The van der Waals surface area contributed by atoms with Gasteiger partial charge in [0.25, 0.3) is 5.91 Å². The molecule has 6 heteroatoms. The quantitative estimate of drug-likeness (QED) is 0.916. The fourth-order valence-corrected chi connectivity index (χ4v) is 1.96. The Balaban J connectivity index is 2.18. The third-order valence-electron chi connectivity index (χ3n) is 2.97. The van der Waals surface area contributed by atoms with Gasteiger partial charge < -0.3 is 14.7 Å². The van der Waals surface area contributed by atoms with Crippen molar-refractivity contribution in [1.29, 1.82) is 0 Å². The number of amides is 1. The van der Waals surface area contributed by atoms with Crippen molar-refractivity contribution in [3.05, 3.63) is 41.7 Å². The molecule has 106 valence electrons. The van der Waals surface area contributed by atoms with Crippen LogP contribution < -0.4 is 4.74 Å². The first kappa shape index (κ1) is 13.9. The van der Waals surface area contributed by atoms with Gasteiger partial charge >= 0.3 is 0 Å². The van der Waals surface area contributed by atoms with E-state index < -0.39 is 0 Å². The standard InChI is InChI=1S/C14H17N3O3/c1-16(8-10-7-15-17(2)9-10)14(19)11-5-4-6-12(20-3)13(11)18/h4-7,9,18H,8H2,1-3H3. The van der Waals surface area contributed by atoms with Crippen molar-refractivity contribution in [3.63, 3.8) is 0 Å². The van der Waals surface area contributed by atoms with Gasteiger partial charge in [-0.05, 0) is 12.1 Å². The normalized spacial score (nSPS) is 10.3. The maximum absolute atomic E-state index is 12.3. The average molecular weight is 275 g/mol. The van der Waals surface area contributed by atoms with Crippen LogP contribution in [0.4, 0.5) is 0 Å². The number of ether oxygens (including phenoxy) is 1. The van der Waals surface area contributed by atoms with Crippen molar-refractivity contribution in [3.8, 4) is 11.5 Å².